The first-order chi connectivity index (χ1) is 8.13. The third kappa shape index (κ3) is 2.89. The summed E-state index contributed by atoms with van der Waals surface area (Å²) in [6.45, 7) is 3.02. The zero-order chi connectivity index (χ0) is 14.1. The van der Waals surface area contributed by atoms with Crippen molar-refractivity contribution < 1.29 is 13.5 Å². The number of nitrogens with two attached hydrogens (primary N) is 1. The summed E-state index contributed by atoms with van der Waals surface area (Å²) in [6, 6.07) is 3.05. The topological polar surface area (TPSA) is 83.6 Å². The van der Waals surface area contributed by atoms with Crippen LogP contribution in [0.15, 0.2) is 16.3 Å². The van der Waals surface area contributed by atoms with E-state index in [1.165, 1.54) is 13.1 Å². The summed E-state index contributed by atoms with van der Waals surface area (Å²) >= 11 is 5.83. The fourth-order valence-electron chi connectivity index (χ4n) is 1.15. The normalized spacial score (nSPS) is 12.9. The Kier molecular flexibility index (Phi) is 4.50. The Morgan fingerprint density at radius 3 is 2.50 bits per heavy atom. The van der Waals surface area contributed by atoms with Crippen LogP contribution in [-0.2, 0) is 10.0 Å². The van der Waals surface area contributed by atoms with Crippen LogP contribution in [0.4, 0.5) is 0 Å². The molecule has 0 aromatic carbocycles. The SMILES string of the molecule is CN(C(C)(C)CO)S(=O)(=O)c1ccc(C(N)=S)s1. The van der Waals surface area contributed by atoms with E-state index in [-0.39, 0.29) is 15.8 Å². The van der Waals surface area contributed by atoms with E-state index >= 15 is 0 Å². The summed E-state index contributed by atoms with van der Waals surface area (Å²) in [5, 5.41) is 9.22. The fourth-order valence-corrected chi connectivity index (χ4v) is 4.18. The van der Waals surface area contributed by atoms with Gasteiger partial charge in [-0.25, -0.2) is 8.42 Å². The Balaban J connectivity index is 3.17. The molecule has 0 spiro atoms. The van der Waals surface area contributed by atoms with E-state index in [1.54, 1.807) is 19.9 Å². The van der Waals surface area contributed by atoms with Crippen LogP contribution < -0.4 is 5.73 Å². The average Bonchev–Trinajstić information content (AvgIpc) is 2.77. The maximum Gasteiger partial charge on any atom is 0.252 e. The van der Waals surface area contributed by atoms with Gasteiger partial charge in [0.1, 0.15) is 9.20 Å². The van der Waals surface area contributed by atoms with Crippen LogP contribution in [-0.4, -0.2) is 42.0 Å². The van der Waals surface area contributed by atoms with E-state index in [0.717, 1.165) is 15.6 Å². The van der Waals surface area contributed by atoms with Gasteiger partial charge in [-0.3, -0.25) is 0 Å². The Morgan fingerprint density at radius 2 is 2.11 bits per heavy atom. The summed E-state index contributed by atoms with van der Waals surface area (Å²) < 4.78 is 25.9. The van der Waals surface area contributed by atoms with E-state index in [0.29, 0.717) is 4.88 Å². The van der Waals surface area contributed by atoms with Crippen molar-refractivity contribution in [2.45, 2.75) is 23.6 Å². The van der Waals surface area contributed by atoms with Gasteiger partial charge in [0.2, 0.25) is 0 Å². The predicted molar refractivity (Wildman–Crippen MR) is 76.3 cm³/mol. The molecule has 0 atom stereocenters. The van der Waals surface area contributed by atoms with E-state index < -0.39 is 15.6 Å². The second-order valence-corrected chi connectivity index (χ2v) is 8.15. The van der Waals surface area contributed by atoms with E-state index in [4.69, 9.17) is 18.0 Å². The highest BCUT2D eigenvalue weighted by atomic mass is 32.2. The summed E-state index contributed by atoms with van der Waals surface area (Å²) in [5.74, 6) is 0. The van der Waals surface area contributed by atoms with Crippen molar-refractivity contribution in [1.82, 2.24) is 4.31 Å². The summed E-state index contributed by atoms with van der Waals surface area (Å²) in [5.41, 5.74) is 4.58. The minimum absolute atomic E-state index is 0.161. The van der Waals surface area contributed by atoms with Gasteiger partial charge in [-0.15, -0.1) is 11.3 Å². The minimum Gasteiger partial charge on any atom is -0.394 e. The number of hydrogen-bond acceptors (Lipinski definition) is 5. The summed E-state index contributed by atoms with van der Waals surface area (Å²) in [7, 11) is -2.21. The third-order valence-corrected chi connectivity index (χ3v) is 6.68. The number of thiophene rings is 1. The van der Waals surface area contributed by atoms with E-state index in [1.807, 2.05) is 0 Å². The molecule has 0 bridgehead atoms. The molecule has 0 amide bonds. The Morgan fingerprint density at radius 1 is 1.56 bits per heavy atom. The largest absolute Gasteiger partial charge is 0.394 e. The molecule has 0 saturated heterocycles. The molecule has 1 rings (SSSR count). The minimum atomic E-state index is -3.64. The maximum atomic E-state index is 12.3. The molecule has 0 saturated carbocycles. The van der Waals surface area contributed by atoms with Gasteiger partial charge in [-0.1, -0.05) is 12.2 Å². The second kappa shape index (κ2) is 5.22. The van der Waals surface area contributed by atoms with Gasteiger partial charge < -0.3 is 10.8 Å². The zero-order valence-electron chi connectivity index (χ0n) is 10.4. The zero-order valence-corrected chi connectivity index (χ0v) is 12.8. The highest BCUT2D eigenvalue weighted by Crippen LogP contribution is 2.28. The molecule has 18 heavy (non-hydrogen) atoms. The number of aliphatic hydroxyl groups is 1. The highest BCUT2D eigenvalue weighted by Gasteiger charge is 2.34. The van der Waals surface area contributed by atoms with Gasteiger partial charge in [0.15, 0.2) is 0 Å². The number of likely N-dealkylation sites (N-methyl/N-ethyl adjacent to an activating group) is 1. The first-order valence-corrected chi connectivity index (χ1v) is 7.79. The number of hydrogen-bond donors (Lipinski definition) is 2. The number of nitrogens with zero attached hydrogens (tertiary/aromatic N) is 1. The van der Waals surface area contributed by atoms with Crippen LogP contribution in [0.1, 0.15) is 18.7 Å². The lowest BCUT2D eigenvalue weighted by Crippen LogP contribution is -2.47. The van der Waals surface area contributed by atoms with Crippen LogP contribution in [0.2, 0.25) is 0 Å². The third-order valence-electron chi connectivity index (χ3n) is 2.68. The van der Waals surface area contributed by atoms with Gasteiger partial charge in [0.25, 0.3) is 10.0 Å². The van der Waals surface area contributed by atoms with Crippen LogP contribution >= 0.6 is 23.6 Å². The van der Waals surface area contributed by atoms with Crippen molar-refractivity contribution in [2.75, 3.05) is 13.7 Å². The lowest BCUT2D eigenvalue weighted by molar-refractivity contribution is 0.138. The molecule has 1 heterocycles. The van der Waals surface area contributed by atoms with Crippen LogP contribution in [0.3, 0.4) is 0 Å². The molecule has 1 aromatic rings. The standard InChI is InChI=1S/C10H16N2O3S3/c1-10(2,6-13)12(3)18(14,15)8-5-4-7(17-8)9(11)16/h4-5,13H,6H2,1-3H3,(H2,11,16). The predicted octanol–water partition coefficient (Wildman–Crippen LogP) is 0.774. The number of rotatable bonds is 5. The summed E-state index contributed by atoms with van der Waals surface area (Å²) in [4.78, 5) is 0.726. The molecule has 8 heteroatoms. The van der Waals surface area contributed by atoms with Gasteiger partial charge in [0, 0.05) is 7.05 Å². The molecule has 102 valence electrons. The van der Waals surface area contributed by atoms with Crippen molar-refractivity contribution in [3.63, 3.8) is 0 Å². The van der Waals surface area contributed by atoms with E-state index in [2.05, 4.69) is 0 Å². The lowest BCUT2D eigenvalue weighted by Gasteiger charge is -2.32. The Hall–Kier alpha value is -0.540. The van der Waals surface area contributed by atoms with Crippen LogP contribution in [0, 0.1) is 0 Å². The number of sulfonamides is 1. The van der Waals surface area contributed by atoms with Crippen molar-refractivity contribution in [1.29, 1.82) is 0 Å². The first kappa shape index (κ1) is 15.5. The van der Waals surface area contributed by atoms with Crippen LogP contribution in [0.25, 0.3) is 0 Å². The van der Waals surface area contributed by atoms with Crippen molar-refractivity contribution in [3.8, 4) is 0 Å². The fraction of sp³-hybridized carbons (Fsp3) is 0.500. The lowest BCUT2D eigenvalue weighted by atomic mass is 10.1. The number of thiocarbonyl (C=S) groups is 1. The quantitative estimate of drug-likeness (QED) is 0.785. The highest BCUT2D eigenvalue weighted by molar-refractivity contribution is 7.91. The molecule has 1 aromatic heterocycles. The van der Waals surface area contributed by atoms with Crippen LogP contribution in [0.5, 0.6) is 0 Å². The number of aliphatic hydroxyl groups excluding tert-OH is 1. The van der Waals surface area contributed by atoms with Crippen molar-refractivity contribution in [2.24, 2.45) is 5.73 Å². The molecule has 3 N–H and O–H groups in total. The molecular formula is C10H16N2O3S3. The maximum absolute atomic E-state index is 12.3. The molecule has 0 fully saturated rings. The van der Waals surface area contributed by atoms with Gasteiger partial charge in [-0.2, -0.15) is 4.31 Å². The molecule has 0 unspecified atom stereocenters. The second-order valence-electron chi connectivity index (χ2n) is 4.43. The van der Waals surface area contributed by atoms with Crippen molar-refractivity contribution >= 4 is 38.6 Å². The molecule has 0 radical (unpaired) electrons. The average molecular weight is 308 g/mol. The smallest absolute Gasteiger partial charge is 0.252 e. The molecule has 0 aliphatic rings. The van der Waals surface area contributed by atoms with Gasteiger partial charge in [0.05, 0.1) is 17.0 Å². The Labute approximate surface area is 116 Å². The van der Waals surface area contributed by atoms with Gasteiger partial charge >= 0.3 is 0 Å². The Bertz CT molecular complexity index is 548. The molecular weight excluding hydrogens is 292 g/mol. The monoisotopic (exact) mass is 308 g/mol. The molecule has 5 nitrogen and oxygen atoms in total. The first-order valence-electron chi connectivity index (χ1n) is 5.12. The molecule has 0 aliphatic heterocycles. The van der Waals surface area contributed by atoms with E-state index in [9.17, 15) is 13.5 Å². The van der Waals surface area contributed by atoms with Gasteiger partial charge in [-0.05, 0) is 26.0 Å². The summed E-state index contributed by atoms with van der Waals surface area (Å²) in [6.07, 6.45) is 0. The molecule has 0 aliphatic carbocycles. The van der Waals surface area contributed by atoms with Crippen molar-refractivity contribution in [3.05, 3.63) is 17.0 Å².